The van der Waals surface area contributed by atoms with Gasteiger partial charge in [0.25, 0.3) is 0 Å². The molecule has 0 unspecified atom stereocenters. The average molecular weight is 742 g/mol. The summed E-state index contributed by atoms with van der Waals surface area (Å²) < 4.78 is 0. The summed E-state index contributed by atoms with van der Waals surface area (Å²) in [5.41, 5.74) is 0. The van der Waals surface area contributed by atoms with Crippen molar-refractivity contribution in [3.8, 4) is 0 Å². The zero-order valence-corrected chi connectivity index (χ0v) is 27.1. The van der Waals surface area contributed by atoms with Crippen LogP contribution in [0, 0.1) is 0 Å². The van der Waals surface area contributed by atoms with Gasteiger partial charge in [-0.2, -0.15) is 0 Å². The van der Waals surface area contributed by atoms with Crippen LogP contribution in [0.25, 0.3) is 0 Å². The van der Waals surface area contributed by atoms with Gasteiger partial charge in [-0.1, -0.05) is 182 Å². The first kappa shape index (κ1) is 39.1. The molecule has 0 aliphatic heterocycles. The van der Waals surface area contributed by atoms with E-state index in [0.717, 1.165) is 0 Å². The minimum absolute atomic E-state index is 0. The molecule has 0 aromatic heterocycles. The Balaban J connectivity index is 0.000000383. The van der Waals surface area contributed by atoms with E-state index >= 15 is 0 Å². The van der Waals surface area contributed by atoms with Crippen molar-refractivity contribution in [2.45, 2.75) is 0 Å². The Bertz CT molecular complexity index is 1190. The van der Waals surface area contributed by atoms with Gasteiger partial charge in [-0.15, -0.1) is 0 Å². The van der Waals surface area contributed by atoms with E-state index in [1.54, 1.807) is 0 Å². The molecular weight excluding hydrogens is 711 g/mol. The van der Waals surface area contributed by atoms with Crippen molar-refractivity contribution in [3.05, 3.63) is 182 Å². The standard InChI is InChI=1S/2C18H15P.2ClH.K.Pd.H/c2*1-4-10-16(11-5-1)19(17-12-6-2-7-13-17)18-14-8-3-9-15-18;;;;;/h2*1-15H;2*1H;;;/q;;;;;+2;/p-2. The van der Waals surface area contributed by atoms with Gasteiger partial charge in [-0.25, -0.2) is 0 Å². The molecule has 210 valence electrons. The molecule has 0 aliphatic carbocycles. The molecule has 0 nitrogen and oxygen atoms in total. The first-order valence-corrected chi connectivity index (χ1v) is 15.5. The third-order valence-corrected chi connectivity index (χ3v) is 11.0. The van der Waals surface area contributed by atoms with E-state index in [1.165, 1.54) is 31.8 Å². The van der Waals surface area contributed by atoms with Gasteiger partial charge in [-0.05, 0) is 47.7 Å². The molecular formula is C36H31Cl2KP2Pd. The first-order chi connectivity index (χ1) is 18.9. The molecule has 0 heterocycles. The molecule has 42 heavy (non-hydrogen) atoms. The van der Waals surface area contributed by atoms with Gasteiger partial charge < -0.3 is 24.8 Å². The number of hydrogen-bond donors (Lipinski definition) is 0. The van der Waals surface area contributed by atoms with Crippen molar-refractivity contribution in [2.75, 3.05) is 0 Å². The summed E-state index contributed by atoms with van der Waals surface area (Å²) in [6.07, 6.45) is 0. The van der Waals surface area contributed by atoms with Crippen LogP contribution in [0.4, 0.5) is 0 Å². The van der Waals surface area contributed by atoms with Crippen molar-refractivity contribution < 1.29 is 45.2 Å². The van der Waals surface area contributed by atoms with Gasteiger partial charge in [0, 0.05) is 0 Å². The normalized spacial score (nSPS) is 9.57. The van der Waals surface area contributed by atoms with Gasteiger partial charge in [-0.3, -0.25) is 0 Å². The van der Waals surface area contributed by atoms with E-state index in [-0.39, 0.29) is 96.6 Å². The summed E-state index contributed by atoms with van der Waals surface area (Å²) in [6.45, 7) is 0. The number of rotatable bonds is 6. The van der Waals surface area contributed by atoms with Gasteiger partial charge in [0.1, 0.15) is 0 Å². The van der Waals surface area contributed by atoms with Crippen molar-refractivity contribution in [3.63, 3.8) is 0 Å². The second-order valence-electron chi connectivity index (χ2n) is 8.68. The van der Waals surface area contributed by atoms with Crippen LogP contribution in [0.2, 0.25) is 0 Å². The molecule has 0 saturated heterocycles. The summed E-state index contributed by atoms with van der Waals surface area (Å²) in [6, 6.07) is 64.7. The van der Waals surface area contributed by atoms with Crippen LogP contribution in [0.3, 0.4) is 0 Å². The minimum Gasteiger partial charge on any atom is -0.0622 e. The molecule has 6 rings (SSSR count). The van der Waals surface area contributed by atoms with Crippen LogP contribution >= 0.6 is 15.8 Å². The van der Waals surface area contributed by atoms with Crippen LogP contribution in [-0.2, 0) is 20.4 Å². The molecule has 6 aromatic rings. The van der Waals surface area contributed by atoms with Crippen LogP contribution < -0.4 is 56.6 Å². The van der Waals surface area contributed by atoms with E-state index in [2.05, 4.69) is 182 Å². The van der Waals surface area contributed by atoms with Gasteiger partial charge >= 0.3 is 71.8 Å². The van der Waals surface area contributed by atoms with E-state index in [9.17, 15) is 0 Å². The molecule has 0 amide bonds. The molecule has 0 aliphatic rings. The maximum atomic E-state index is 2.23. The van der Waals surface area contributed by atoms with Crippen molar-refractivity contribution in [1.82, 2.24) is 0 Å². The van der Waals surface area contributed by atoms with E-state index < -0.39 is 15.8 Å². The van der Waals surface area contributed by atoms with Crippen molar-refractivity contribution >= 4 is 99.1 Å². The fraction of sp³-hybridized carbons (Fsp3) is 0. The summed E-state index contributed by atoms with van der Waals surface area (Å²) in [5, 5.41) is 8.39. The molecule has 0 fully saturated rings. The van der Waals surface area contributed by atoms with E-state index in [4.69, 9.17) is 0 Å². The Morgan fingerprint density at radius 3 is 0.476 bits per heavy atom. The fourth-order valence-corrected chi connectivity index (χ4v) is 8.97. The molecule has 0 radical (unpaired) electrons. The molecule has 0 N–H and O–H groups in total. The summed E-state index contributed by atoms with van der Waals surface area (Å²) in [5.74, 6) is 0. The molecule has 0 saturated carbocycles. The summed E-state index contributed by atoms with van der Waals surface area (Å²) in [4.78, 5) is 0. The Kier molecular flexibility index (Phi) is 20.2. The van der Waals surface area contributed by atoms with Crippen molar-refractivity contribution in [1.29, 1.82) is 0 Å². The SMILES string of the molecule is [Cl-].[Cl-].[KH].[Pd+2].c1ccc(P(c2ccccc2)c2ccccc2)cc1.c1ccc(P(c2ccccc2)c2ccccc2)cc1. The molecule has 0 spiro atoms. The predicted octanol–water partition coefficient (Wildman–Crippen LogP) is 0.247. The van der Waals surface area contributed by atoms with Crippen LogP contribution in [0.15, 0.2) is 182 Å². The Labute approximate surface area is 322 Å². The smallest absolute Gasteiger partial charge is 0.0622 e. The van der Waals surface area contributed by atoms with Crippen LogP contribution in [0.5, 0.6) is 0 Å². The van der Waals surface area contributed by atoms with Gasteiger partial charge in [0.2, 0.25) is 0 Å². The second kappa shape index (κ2) is 21.7. The van der Waals surface area contributed by atoms with E-state index in [0.29, 0.717) is 0 Å². The number of benzene rings is 6. The minimum atomic E-state index is -0.446. The fourth-order valence-electron chi connectivity index (χ4n) is 4.36. The molecule has 0 bridgehead atoms. The topological polar surface area (TPSA) is 0 Å². The summed E-state index contributed by atoms with van der Waals surface area (Å²) in [7, 11) is -0.892. The molecule has 6 heteroatoms. The molecule has 6 aromatic carbocycles. The predicted molar refractivity (Wildman–Crippen MR) is 177 cm³/mol. The Morgan fingerprint density at radius 1 is 0.238 bits per heavy atom. The quantitative estimate of drug-likeness (QED) is 0.170. The van der Waals surface area contributed by atoms with Crippen molar-refractivity contribution in [2.24, 2.45) is 0 Å². The second-order valence-corrected chi connectivity index (χ2v) is 13.1. The van der Waals surface area contributed by atoms with Crippen LogP contribution in [0.1, 0.15) is 0 Å². The number of hydrogen-bond acceptors (Lipinski definition) is 0. The monoisotopic (exact) mass is 740 g/mol. The number of halogens is 2. The maximum absolute atomic E-state index is 2.23. The maximum Gasteiger partial charge on any atom is 2.00 e. The third kappa shape index (κ3) is 11.2. The van der Waals surface area contributed by atoms with Gasteiger partial charge in [0.05, 0.1) is 0 Å². The Hall–Kier alpha value is -0.941. The Morgan fingerprint density at radius 2 is 0.357 bits per heavy atom. The van der Waals surface area contributed by atoms with E-state index in [1.807, 2.05) is 0 Å². The van der Waals surface area contributed by atoms with Crippen LogP contribution in [-0.4, -0.2) is 51.4 Å². The van der Waals surface area contributed by atoms with Gasteiger partial charge in [0.15, 0.2) is 0 Å². The molecule has 0 atom stereocenters. The third-order valence-electron chi connectivity index (χ3n) is 6.09. The largest absolute Gasteiger partial charge is 2.00 e. The first-order valence-electron chi connectivity index (χ1n) is 12.8. The average Bonchev–Trinajstić information content (AvgIpc) is 3.01. The summed E-state index contributed by atoms with van der Waals surface area (Å²) >= 11 is 0. The zero-order chi connectivity index (χ0) is 25.8. The zero-order valence-electron chi connectivity index (χ0n) is 22.3.